The number of hydrogen-bond acceptors (Lipinski definition) is 3. The Bertz CT molecular complexity index is 533. The molecular weight excluding hydrogens is 286 g/mol. The molecule has 21 heavy (non-hydrogen) atoms. The predicted molar refractivity (Wildman–Crippen MR) is 85.0 cm³/mol. The van der Waals surface area contributed by atoms with Gasteiger partial charge in [0.05, 0.1) is 0 Å². The fourth-order valence-electron chi connectivity index (χ4n) is 2.78. The van der Waals surface area contributed by atoms with Crippen molar-refractivity contribution >= 4 is 10.2 Å². The first-order chi connectivity index (χ1) is 10.0. The minimum absolute atomic E-state index is 0.129. The first-order valence-corrected chi connectivity index (χ1v) is 8.96. The van der Waals surface area contributed by atoms with Crippen molar-refractivity contribution in [1.29, 1.82) is 0 Å². The van der Waals surface area contributed by atoms with Gasteiger partial charge in [0.1, 0.15) is 0 Å². The van der Waals surface area contributed by atoms with Crippen LogP contribution >= 0.6 is 0 Å². The van der Waals surface area contributed by atoms with Gasteiger partial charge in [0.2, 0.25) is 0 Å². The van der Waals surface area contributed by atoms with Crippen LogP contribution in [0.15, 0.2) is 30.3 Å². The highest BCUT2D eigenvalue weighted by atomic mass is 32.2. The van der Waals surface area contributed by atoms with E-state index >= 15 is 0 Å². The highest BCUT2D eigenvalue weighted by Crippen LogP contribution is 2.18. The van der Waals surface area contributed by atoms with Crippen molar-refractivity contribution in [2.75, 3.05) is 19.6 Å². The van der Waals surface area contributed by atoms with Crippen LogP contribution in [-0.4, -0.2) is 38.4 Å². The summed E-state index contributed by atoms with van der Waals surface area (Å²) in [5.74, 6) is 0.278. The van der Waals surface area contributed by atoms with Crippen molar-refractivity contribution in [3.8, 4) is 0 Å². The number of piperidine rings is 1. The lowest BCUT2D eigenvalue weighted by Crippen LogP contribution is -2.49. The fourth-order valence-corrected chi connectivity index (χ4v) is 4.29. The van der Waals surface area contributed by atoms with Crippen molar-refractivity contribution in [2.45, 2.75) is 32.2 Å². The zero-order chi connectivity index (χ0) is 15.3. The first-order valence-electron chi connectivity index (χ1n) is 7.52. The van der Waals surface area contributed by atoms with E-state index in [1.165, 1.54) is 4.31 Å². The summed E-state index contributed by atoms with van der Waals surface area (Å²) in [5.41, 5.74) is 6.80. The van der Waals surface area contributed by atoms with Crippen LogP contribution in [0.5, 0.6) is 0 Å². The zero-order valence-electron chi connectivity index (χ0n) is 12.5. The van der Waals surface area contributed by atoms with Gasteiger partial charge >= 0.3 is 0 Å². The molecule has 0 saturated carbocycles. The Morgan fingerprint density at radius 1 is 1.38 bits per heavy atom. The molecule has 0 aromatic heterocycles. The average Bonchev–Trinajstić information content (AvgIpc) is 2.47. The quantitative estimate of drug-likeness (QED) is 0.827. The number of hydrogen-bond donors (Lipinski definition) is 2. The Hall–Kier alpha value is -0.950. The Kier molecular flexibility index (Phi) is 5.75. The molecule has 0 aliphatic carbocycles. The lowest BCUT2D eigenvalue weighted by Gasteiger charge is -2.32. The van der Waals surface area contributed by atoms with E-state index in [1.807, 2.05) is 37.3 Å². The van der Waals surface area contributed by atoms with E-state index < -0.39 is 10.2 Å². The second-order valence-corrected chi connectivity index (χ2v) is 7.52. The van der Waals surface area contributed by atoms with Crippen LogP contribution in [0, 0.1) is 5.92 Å². The Morgan fingerprint density at radius 2 is 2.10 bits per heavy atom. The summed E-state index contributed by atoms with van der Waals surface area (Å²) < 4.78 is 29.2. The Labute approximate surface area is 127 Å². The molecule has 0 spiro atoms. The zero-order valence-corrected chi connectivity index (χ0v) is 13.3. The van der Waals surface area contributed by atoms with Gasteiger partial charge in [-0.25, -0.2) is 0 Å². The molecule has 3 N–H and O–H groups in total. The second kappa shape index (κ2) is 7.35. The summed E-state index contributed by atoms with van der Waals surface area (Å²) in [6, 6.07) is 9.78. The maximum absolute atomic E-state index is 12.4. The van der Waals surface area contributed by atoms with Crippen molar-refractivity contribution < 1.29 is 8.42 Å². The topological polar surface area (TPSA) is 75.4 Å². The van der Waals surface area contributed by atoms with E-state index in [1.54, 1.807) is 0 Å². The second-order valence-electron chi connectivity index (χ2n) is 5.82. The largest absolute Gasteiger partial charge is 0.330 e. The summed E-state index contributed by atoms with van der Waals surface area (Å²) in [5, 5.41) is 0. The van der Waals surface area contributed by atoms with Gasteiger partial charge in [0.25, 0.3) is 10.2 Å². The number of nitrogens with zero attached hydrogens (tertiary/aromatic N) is 1. The molecule has 2 unspecified atom stereocenters. The normalized spacial score (nSPS) is 22.1. The van der Waals surface area contributed by atoms with E-state index in [-0.39, 0.29) is 12.0 Å². The lowest BCUT2D eigenvalue weighted by atomic mass is 10.0. The van der Waals surface area contributed by atoms with E-state index in [9.17, 15) is 8.42 Å². The molecule has 6 heteroatoms. The molecule has 1 aromatic rings. The third-order valence-electron chi connectivity index (χ3n) is 3.89. The number of benzene rings is 1. The molecule has 2 atom stereocenters. The minimum atomic E-state index is -3.42. The van der Waals surface area contributed by atoms with Crippen LogP contribution in [0.25, 0.3) is 0 Å². The number of nitrogens with two attached hydrogens (primary N) is 1. The molecule has 5 nitrogen and oxygen atoms in total. The molecule has 1 saturated heterocycles. The molecule has 0 bridgehead atoms. The lowest BCUT2D eigenvalue weighted by molar-refractivity contribution is 0.267. The van der Waals surface area contributed by atoms with E-state index in [4.69, 9.17) is 5.73 Å². The SMILES string of the molecule is CC(Cc1ccccc1)NS(=O)(=O)N1CCCC(CN)C1. The van der Waals surface area contributed by atoms with Gasteiger partial charge in [-0.1, -0.05) is 30.3 Å². The van der Waals surface area contributed by atoms with Gasteiger partial charge in [-0.3, -0.25) is 0 Å². The third-order valence-corrected chi connectivity index (χ3v) is 5.60. The number of rotatable bonds is 6. The van der Waals surface area contributed by atoms with E-state index in [0.29, 0.717) is 26.1 Å². The van der Waals surface area contributed by atoms with Crippen molar-refractivity contribution in [3.63, 3.8) is 0 Å². The molecular formula is C15H25N3O2S. The molecule has 1 aliphatic rings. The molecule has 118 valence electrons. The smallest absolute Gasteiger partial charge is 0.279 e. The van der Waals surface area contributed by atoms with Crippen molar-refractivity contribution in [1.82, 2.24) is 9.03 Å². The fraction of sp³-hybridized carbons (Fsp3) is 0.600. The van der Waals surface area contributed by atoms with Crippen LogP contribution in [-0.2, 0) is 16.6 Å². The Morgan fingerprint density at radius 3 is 2.76 bits per heavy atom. The Balaban J connectivity index is 1.93. The van der Waals surface area contributed by atoms with Crippen LogP contribution in [0.1, 0.15) is 25.3 Å². The standard InChI is InChI=1S/C15H25N3O2S/c1-13(10-14-6-3-2-4-7-14)17-21(19,20)18-9-5-8-15(11-16)12-18/h2-4,6-7,13,15,17H,5,8-12,16H2,1H3. The monoisotopic (exact) mass is 311 g/mol. The van der Waals surface area contributed by atoms with Crippen LogP contribution < -0.4 is 10.5 Å². The molecule has 0 radical (unpaired) electrons. The highest BCUT2D eigenvalue weighted by Gasteiger charge is 2.29. The summed E-state index contributed by atoms with van der Waals surface area (Å²) in [6.07, 6.45) is 2.59. The third kappa shape index (κ3) is 4.78. The molecule has 1 fully saturated rings. The molecule has 1 heterocycles. The van der Waals surface area contributed by atoms with E-state index in [2.05, 4.69) is 4.72 Å². The van der Waals surface area contributed by atoms with Gasteiger partial charge in [-0.2, -0.15) is 17.4 Å². The van der Waals surface area contributed by atoms with E-state index in [0.717, 1.165) is 18.4 Å². The molecule has 2 rings (SSSR count). The predicted octanol–water partition coefficient (Wildman–Crippen LogP) is 1.12. The van der Waals surface area contributed by atoms with Gasteiger partial charge in [0.15, 0.2) is 0 Å². The van der Waals surface area contributed by atoms with Gasteiger partial charge in [-0.05, 0) is 44.2 Å². The number of nitrogens with one attached hydrogen (secondary N) is 1. The highest BCUT2D eigenvalue weighted by molar-refractivity contribution is 7.87. The van der Waals surface area contributed by atoms with Crippen molar-refractivity contribution in [2.24, 2.45) is 11.7 Å². The average molecular weight is 311 g/mol. The summed E-state index contributed by atoms with van der Waals surface area (Å²) in [7, 11) is -3.42. The molecule has 0 amide bonds. The molecule has 1 aliphatic heterocycles. The maximum atomic E-state index is 12.4. The van der Waals surface area contributed by atoms with Crippen LogP contribution in [0.3, 0.4) is 0 Å². The molecule has 1 aromatic carbocycles. The summed E-state index contributed by atoms with van der Waals surface area (Å²) >= 11 is 0. The van der Waals surface area contributed by atoms with Gasteiger partial charge in [-0.15, -0.1) is 0 Å². The van der Waals surface area contributed by atoms with Gasteiger partial charge in [0, 0.05) is 19.1 Å². The maximum Gasteiger partial charge on any atom is 0.279 e. The summed E-state index contributed by atoms with van der Waals surface area (Å²) in [4.78, 5) is 0. The van der Waals surface area contributed by atoms with Crippen LogP contribution in [0.2, 0.25) is 0 Å². The van der Waals surface area contributed by atoms with Gasteiger partial charge < -0.3 is 5.73 Å². The van der Waals surface area contributed by atoms with Crippen LogP contribution in [0.4, 0.5) is 0 Å². The van der Waals surface area contributed by atoms with Crippen molar-refractivity contribution in [3.05, 3.63) is 35.9 Å². The minimum Gasteiger partial charge on any atom is -0.330 e. The summed E-state index contributed by atoms with van der Waals surface area (Å²) in [6.45, 7) is 3.56. The first kappa shape index (κ1) is 16.4.